The SMILES string of the molecule is O=C(O)CNCC1OC1O. The summed E-state index contributed by atoms with van der Waals surface area (Å²) in [5.74, 6) is -0.907. The zero-order chi connectivity index (χ0) is 7.56. The maximum Gasteiger partial charge on any atom is 0.317 e. The number of hydrogen-bond acceptors (Lipinski definition) is 4. The Hall–Kier alpha value is -0.650. The third-order valence-electron chi connectivity index (χ3n) is 1.18. The van der Waals surface area contributed by atoms with Crippen LogP contribution in [0.25, 0.3) is 0 Å². The molecule has 58 valence electrons. The van der Waals surface area contributed by atoms with Gasteiger partial charge in [0.1, 0.15) is 6.10 Å². The van der Waals surface area contributed by atoms with Crippen LogP contribution in [0, 0.1) is 0 Å². The van der Waals surface area contributed by atoms with Crippen LogP contribution in [0.1, 0.15) is 0 Å². The van der Waals surface area contributed by atoms with Crippen molar-refractivity contribution in [1.82, 2.24) is 5.32 Å². The molecule has 0 saturated carbocycles. The van der Waals surface area contributed by atoms with E-state index in [9.17, 15) is 4.79 Å². The lowest BCUT2D eigenvalue weighted by atomic mass is 10.4. The molecule has 2 unspecified atom stereocenters. The highest BCUT2D eigenvalue weighted by Crippen LogP contribution is 2.16. The molecular formula is C5H9NO4. The molecule has 10 heavy (non-hydrogen) atoms. The van der Waals surface area contributed by atoms with Gasteiger partial charge in [-0.15, -0.1) is 0 Å². The summed E-state index contributed by atoms with van der Waals surface area (Å²) in [4.78, 5) is 9.92. The molecule has 1 fully saturated rings. The van der Waals surface area contributed by atoms with Gasteiger partial charge in [-0.25, -0.2) is 0 Å². The number of rotatable bonds is 4. The second kappa shape index (κ2) is 2.96. The second-order valence-electron chi connectivity index (χ2n) is 2.09. The van der Waals surface area contributed by atoms with E-state index in [0.717, 1.165) is 0 Å². The van der Waals surface area contributed by atoms with Gasteiger partial charge in [0.05, 0.1) is 6.54 Å². The molecule has 1 rings (SSSR count). The summed E-state index contributed by atoms with van der Waals surface area (Å²) >= 11 is 0. The topological polar surface area (TPSA) is 82.1 Å². The Balaban J connectivity index is 1.91. The monoisotopic (exact) mass is 147 g/mol. The number of carbonyl (C=O) groups is 1. The van der Waals surface area contributed by atoms with Gasteiger partial charge < -0.3 is 20.3 Å². The van der Waals surface area contributed by atoms with Gasteiger partial charge in [-0.3, -0.25) is 4.79 Å². The van der Waals surface area contributed by atoms with E-state index in [1.807, 2.05) is 0 Å². The summed E-state index contributed by atoms with van der Waals surface area (Å²) in [6.45, 7) is 0.306. The molecule has 0 aromatic heterocycles. The molecule has 0 aromatic rings. The first kappa shape index (κ1) is 7.46. The fourth-order valence-electron chi connectivity index (χ4n) is 0.604. The summed E-state index contributed by atoms with van der Waals surface area (Å²) in [6.07, 6.45) is -0.902. The predicted octanol–water partition coefficient (Wildman–Crippen LogP) is -1.62. The third kappa shape index (κ3) is 2.30. The lowest BCUT2D eigenvalue weighted by Gasteiger charge is -1.94. The smallest absolute Gasteiger partial charge is 0.317 e. The molecule has 0 aliphatic carbocycles. The second-order valence-corrected chi connectivity index (χ2v) is 2.09. The van der Waals surface area contributed by atoms with Crippen LogP contribution in [0.4, 0.5) is 0 Å². The van der Waals surface area contributed by atoms with Gasteiger partial charge in [0.2, 0.25) is 0 Å². The van der Waals surface area contributed by atoms with Crippen molar-refractivity contribution >= 4 is 5.97 Å². The summed E-state index contributed by atoms with van der Waals surface area (Å²) in [5.41, 5.74) is 0. The van der Waals surface area contributed by atoms with Crippen LogP contribution >= 0.6 is 0 Å². The summed E-state index contributed by atoms with van der Waals surface area (Å²) < 4.78 is 4.60. The maximum absolute atomic E-state index is 9.92. The molecule has 1 aliphatic heterocycles. The first-order valence-corrected chi connectivity index (χ1v) is 2.96. The van der Waals surface area contributed by atoms with Gasteiger partial charge in [0.25, 0.3) is 0 Å². The summed E-state index contributed by atoms with van der Waals surface area (Å²) in [5, 5.41) is 19.3. The van der Waals surface area contributed by atoms with Gasteiger partial charge in [-0.2, -0.15) is 0 Å². The molecule has 0 spiro atoms. The summed E-state index contributed by atoms with van der Waals surface area (Å²) in [6, 6.07) is 0. The van der Waals surface area contributed by atoms with Crippen LogP contribution in [0.5, 0.6) is 0 Å². The van der Waals surface area contributed by atoms with Crippen molar-refractivity contribution in [2.24, 2.45) is 0 Å². The van der Waals surface area contributed by atoms with Gasteiger partial charge in [-0.1, -0.05) is 0 Å². The van der Waals surface area contributed by atoms with Crippen molar-refractivity contribution in [3.8, 4) is 0 Å². The maximum atomic E-state index is 9.92. The lowest BCUT2D eigenvalue weighted by Crippen LogP contribution is -2.26. The Bertz CT molecular complexity index is 138. The Labute approximate surface area is 57.6 Å². The van der Waals surface area contributed by atoms with Crippen LogP contribution in [-0.2, 0) is 9.53 Å². The number of carboxylic acid groups (broad SMARTS) is 1. The Morgan fingerprint density at radius 3 is 2.70 bits per heavy atom. The zero-order valence-corrected chi connectivity index (χ0v) is 5.28. The van der Waals surface area contributed by atoms with Crippen LogP contribution in [0.2, 0.25) is 0 Å². The van der Waals surface area contributed by atoms with Gasteiger partial charge in [0.15, 0.2) is 6.29 Å². The van der Waals surface area contributed by atoms with E-state index in [2.05, 4.69) is 10.1 Å². The highest BCUT2D eigenvalue weighted by Gasteiger charge is 2.36. The number of carboxylic acids is 1. The van der Waals surface area contributed by atoms with E-state index in [4.69, 9.17) is 10.2 Å². The van der Waals surface area contributed by atoms with Gasteiger partial charge >= 0.3 is 5.97 Å². The van der Waals surface area contributed by atoms with Crippen molar-refractivity contribution in [1.29, 1.82) is 0 Å². The van der Waals surface area contributed by atoms with Gasteiger partial charge in [0, 0.05) is 6.54 Å². The Morgan fingerprint density at radius 2 is 2.30 bits per heavy atom. The van der Waals surface area contributed by atoms with E-state index in [0.29, 0.717) is 6.54 Å². The molecule has 0 bridgehead atoms. The number of epoxide rings is 1. The number of nitrogens with one attached hydrogen (secondary N) is 1. The molecule has 5 heteroatoms. The highest BCUT2D eigenvalue weighted by molar-refractivity contribution is 5.68. The van der Waals surface area contributed by atoms with E-state index in [1.54, 1.807) is 0 Å². The van der Waals surface area contributed by atoms with Crippen molar-refractivity contribution in [3.05, 3.63) is 0 Å². The molecule has 1 heterocycles. The van der Waals surface area contributed by atoms with E-state index in [1.165, 1.54) is 0 Å². The molecule has 0 aromatic carbocycles. The largest absolute Gasteiger partial charge is 0.480 e. The Kier molecular flexibility index (Phi) is 2.21. The molecule has 5 nitrogen and oxygen atoms in total. The lowest BCUT2D eigenvalue weighted by molar-refractivity contribution is -0.135. The van der Waals surface area contributed by atoms with Crippen molar-refractivity contribution in [3.63, 3.8) is 0 Å². The molecule has 0 amide bonds. The van der Waals surface area contributed by atoms with E-state index >= 15 is 0 Å². The van der Waals surface area contributed by atoms with Crippen molar-refractivity contribution in [2.45, 2.75) is 12.4 Å². The quantitative estimate of drug-likeness (QED) is 0.416. The van der Waals surface area contributed by atoms with Crippen LogP contribution in [0.15, 0.2) is 0 Å². The number of hydrogen-bond donors (Lipinski definition) is 3. The number of aliphatic hydroxyl groups is 1. The number of aliphatic hydroxyl groups excluding tert-OH is 1. The first-order chi connectivity index (χ1) is 4.70. The Morgan fingerprint density at radius 1 is 1.70 bits per heavy atom. The zero-order valence-electron chi connectivity index (χ0n) is 5.28. The average Bonchev–Trinajstić information content (AvgIpc) is 2.46. The minimum atomic E-state index is -0.907. The van der Waals surface area contributed by atoms with Crippen molar-refractivity contribution in [2.75, 3.05) is 13.1 Å². The fourth-order valence-corrected chi connectivity index (χ4v) is 0.604. The van der Waals surface area contributed by atoms with Gasteiger partial charge in [-0.05, 0) is 0 Å². The standard InChI is InChI=1S/C5H9NO4/c7-4(8)2-6-1-3-5(9)10-3/h3,5-6,9H,1-2H2,(H,7,8). The molecular weight excluding hydrogens is 138 g/mol. The molecule has 1 aliphatic rings. The molecule has 3 N–H and O–H groups in total. The normalized spacial score (nSPS) is 30.1. The van der Waals surface area contributed by atoms with Crippen molar-refractivity contribution < 1.29 is 19.7 Å². The minimum absolute atomic E-state index is 0.0907. The molecule has 2 atom stereocenters. The molecule has 1 saturated heterocycles. The van der Waals surface area contributed by atoms with Crippen LogP contribution < -0.4 is 5.32 Å². The number of ether oxygens (including phenoxy) is 1. The minimum Gasteiger partial charge on any atom is -0.480 e. The van der Waals surface area contributed by atoms with Crippen LogP contribution in [-0.4, -0.2) is 41.7 Å². The van der Waals surface area contributed by atoms with Crippen LogP contribution in [0.3, 0.4) is 0 Å². The summed E-state index contributed by atoms with van der Waals surface area (Å²) in [7, 11) is 0. The van der Waals surface area contributed by atoms with E-state index in [-0.39, 0.29) is 12.6 Å². The first-order valence-electron chi connectivity index (χ1n) is 2.96. The van der Waals surface area contributed by atoms with E-state index < -0.39 is 12.3 Å². The highest BCUT2D eigenvalue weighted by atomic mass is 16.7. The average molecular weight is 147 g/mol. The predicted molar refractivity (Wildman–Crippen MR) is 31.4 cm³/mol. The third-order valence-corrected chi connectivity index (χ3v) is 1.18. The number of aliphatic carboxylic acids is 1. The fraction of sp³-hybridized carbons (Fsp3) is 0.800. The molecule has 0 radical (unpaired) electrons.